The zero-order chi connectivity index (χ0) is 14.5. The minimum atomic E-state index is -0.433. The fraction of sp³-hybridized carbons (Fsp3) is 0.647. The van der Waals surface area contributed by atoms with Crippen LogP contribution in [-0.4, -0.2) is 41.3 Å². The molecule has 112 valence electrons. The fourth-order valence-electron chi connectivity index (χ4n) is 3.04. The monoisotopic (exact) mass is 277 g/mol. The van der Waals surface area contributed by atoms with E-state index >= 15 is 0 Å². The van der Waals surface area contributed by atoms with Crippen LogP contribution in [0.15, 0.2) is 24.3 Å². The number of benzene rings is 1. The van der Waals surface area contributed by atoms with E-state index in [1.807, 2.05) is 31.2 Å². The summed E-state index contributed by atoms with van der Waals surface area (Å²) < 4.78 is 5.73. The molecule has 3 atom stereocenters. The van der Waals surface area contributed by atoms with Crippen molar-refractivity contribution in [2.24, 2.45) is 0 Å². The molecule has 0 aliphatic carbocycles. The van der Waals surface area contributed by atoms with E-state index in [0.29, 0.717) is 25.2 Å². The van der Waals surface area contributed by atoms with Crippen LogP contribution in [0.3, 0.4) is 0 Å². The molecule has 0 unspecified atom stereocenters. The van der Waals surface area contributed by atoms with Crippen LogP contribution >= 0.6 is 0 Å². The van der Waals surface area contributed by atoms with Crippen LogP contribution in [0, 0.1) is 6.92 Å². The van der Waals surface area contributed by atoms with Crippen molar-refractivity contribution in [3.63, 3.8) is 0 Å². The second kappa shape index (κ2) is 7.09. The van der Waals surface area contributed by atoms with Gasteiger partial charge in [0, 0.05) is 18.6 Å². The van der Waals surface area contributed by atoms with Crippen LogP contribution in [-0.2, 0) is 0 Å². The van der Waals surface area contributed by atoms with Crippen molar-refractivity contribution in [1.82, 2.24) is 4.90 Å². The smallest absolute Gasteiger partial charge is 0.122 e. The highest BCUT2D eigenvalue weighted by Gasteiger charge is 2.26. The highest BCUT2D eigenvalue weighted by atomic mass is 16.5. The lowest BCUT2D eigenvalue weighted by Crippen LogP contribution is -2.48. The predicted octanol–water partition coefficient (Wildman–Crippen LogP) is 3.00. The molecular weight excluding hydrogens is 250 g/mol. The zero-order valence-corrected chi connectivity index (χ0v) is 12.9. The lowest BCUT2D eigenvalue weighted by molar-refractivity contribution is 0.0208. The molecule has 0 aromatic heterocycles. The number of nitrogens with zero attached hydrogens (tertiary/aromatic N) is 1. The Morgan fingerprint density at radius 2 is 1.90 bits per heavy atom. The van der Waals surface area contributed by atoms with E-state index in [1.54, 1.807) is 0 Å². The molecule has 20 heavy (non-hydrogen) atoms. The molecule has 1 heterocycles. The number of aliphatic hydroxyl groups is 1. The Labute approximate surface area is 122 Å². The number of piperidine rings is 1. The Kier molecular flexibility index (Phi) is 5.44. The maximum atomic E-state index is 10.2. The Morgan fingerprint density at radius 3 is 2.55 bits per heavy atom. The Morgan fingerprint density at radius 1 is 1.25 bits per heavy atom. The summed E-state index contributed by atoms with van der Waals surface area (Å²) in [5, 5.41) is 10.2. The van der Waals surface area contributed by atoms with Gasteiger partial charge in [0.05, 0.1) is 0 Å². The van der Waals surface area contributed by atoms with Gasteiger partial charge in [0.1, 0.15) is 18.5 Å². The van der Waals surface area contributed by atoms with Gasteiger partial charge in [-0.2, -0.15) is 0 Å². The van der Waals surface area contributed by atoms with Gasteiger partial charge in [0.15, 0.2) is 0 Å². The third kappa shape index (κ3) is 3.97. The molecule has 3 heteroatoms. The van der Waals surface area contributed by atoms with E-state index in [-0.39, 0.29) is 0 Å². The number of hydrogen-bond acceptors (Lipinski definition) is 3. The van der Waals surface area contributed by atoms with Gasteiger partial charge in [-0.25, -0.2) is 0 Å². The van der Waals surface area contributed by atoms with E-state index in [9.17, 15) is 5.11 Å². The van der Waals surface area contributed by atoms with E-state index in [1.165, 1.54) is 19.3 Å². The number of para-hydroxylation sites is 1. The Hall–Kier alpha value is -1.06. The molecule has 1 aromatic carbocycles. The molecule has 1 saturated heterocycles. The first-order valence-electron chi connectivity index (χ1n) is 7.70. The van der Waals surface area contributed by atoms with E-state index < -0.39 is 6.10 Å². The van der Waals surface area contributed by atoms with Gasteiger partial charge < -0.3 is 9.84 Å². The van der Waals surface area contributed by atoms with Crippen LogP contribution in [0.1, 0.15) is 38.7 Å². The summed E-state index contributed by atoms with van der Waals surface area (Å²) in [6, 6.07) is 9.06. The number of β-amino-alcohol motifs (C(OH)–C–C–N with tert-alkyl or cyclic N) is 1. The van der Waals surface area contributed by atoms with Crippen LogP contribution in [0.5, 0.6) is 5.75 Å². The molecule has 0 bridgehead atoms. The molecule has 0 spiro atoms. The molecule has 3 nitrogen and oxygen atoms in total. The van der Waals surface area contributed by atoms with Crippen molar-refractivity contribution in [2.45, 2.75) is 58.2 Å². The molecule has 1 aliphatic heterocycles. The van der Waals surface area contributed by atoms with Crippen molar-refractivity contribution in [2.75, 3.05) is 13.2 Å². The Balaban J connectivity index is 1.83. The second-order valence-corrected chi connectivity index (χ2v) is 6.06. The van der Waals surface area contributed by atoms with Gasteiger partial charge in [0.25, 0.3) is 0 Å². The second-order valence-electron chi connectivity index (χ2n) is 6.06. The van der Waals surface area contributed by atoms with Crippen molar-refractivity contribution in [1.29, 1.82) is 0 Å². The van der Waals surface area contributed by atoms with Crippen molar-refractivity contribution in [3.05, 3.63) is 29.8 Å². The summed E-state index contributed by atoms with van der Waals surface area (Å²) in [6.45, 7) is 7.60. The first-order valence-corrected chi connectivity index (χ1v) is 7.70. The normalized spacial score (nSPS) is 25.4. The fourth-order valence-corrected chi connectivity index (χ4v) is 3.04. The van der Waals surface area contributed by atoms with Crippen molar-refractivity contribution >= 4 is 0 Å². The summed E-state index contributed by atoms with van der Waals surface area (Å²) >= 11 is 0. The number of ether oxygens (including phenoxy) is 1. The molecular formula is C17H27NO2. The highest BCUT2D eigenvalue weighted by Crippen LogP contribution is 2.23. The van der Waals surface area contributed by atoms with Crippen LogP contribution in [0.4, 0.5) is 0 Å². The number of likely N-dealkylation sites (tertiary alicyclic amines) is 1. The molecule has 1 N–H and O–H groups in total. The number of aryl methyl sites for hydroxylation is 1. The maximum absolute atomic E-state index is 10.2. The minimum absolute atomic E-state index is 0.362. The topological polar surface area (TPSA) is 32.7 Å². The molecule has 1 fully saturated rings. The quantitative estimate of drug-likeness (QED) is 0.898. The number of hydrogen-bond donors (Lipinski definition) is 1. The largest absolute Gasteiger partial charge is 0.491 e. The van der Waals surface area contributed by atoms with Gasteiger partial charge >= 0.3 is 0 Å². The van der Waals surface area contributed by atoms with Gasteiger partial charge in [-0.1, -0.05) is 24.6 Å². The lowest BCUT2D eigenvalue weighted by atomic mass is 9.97. The van der Waals surface area contributed by atoms with E-state index in [0.717, 1.165) is 11.3 Å². The van der Waals surface area contributed by atoms with Gasteiger partial charge in [-0.05, 0) is 45.2 Å². The molecule has 0 amide bonds. The average Bonchev–Trinajstić information content (AvgIpc) is 2.42. The maximum Gasteiger partial charge on any atom is 0.122 e. The number of rotatable bonds is 5. The average molecular weight is 277 g/mol. The highest BCUT2D eigenvalue weighted by molar-refractivity contribution is 5.31. The standard InChI is InChI=1S/C17H27NO2/c1-13-7-4-5-10-17(13)20-12-16(19)11-18-14(2)8-6-9-15(18)3/h4-5,7,10,14-16,19H,6,8-9,11-12H2,1-3H3/t14-,15-,16-/m0/s1. The first-order chi connectivity index (χ1) is 9.58. The zero-order valence-electron chi connectivity index (χ0n) is 12.9. The molecule has 0 radical (unpaired) electrons. The SMILES string of the molecule is Cc1ccccc1OC[C@@H](O)CN1[C@@H](C)CCC[C@@H]1C. The van der Waals surface area contributed by atoms with Crippen LogP contribution in [0.2, 0.25) is 0 Å². The van der Waals surface area contributed by atoms with E-state index in [2.05, 4.69) is 18.7 Å². The van der Waals surface area contributed by atoms with E-state index in [4.69, 9.17) is 4.74 Å². The summed E-state index contributed by atoms with van der Waals surface area (Å²) in [5.41, 5.74) is 1.11. The summed E-state index contributed by atoms with van der Waals surface area (Å²) in [5.74, 6) is 0.867. The number of aliphatic hydroxyl groups excluding tert-OH is 1. The summed E-state index contributed by atoms with van der Waals surface area (Å²) in [7, 11) is 0. The minimum Gasteiger partial charge on any atom is -0.491 e. The Bertz CT molecular complexity index is 411. The van der Waals surface area contributed by atoms with Crippen LogP contribution in [0.25, 0.3) is 0 Å². The molecule has 1 aromatic rings. The van der Waals surface area contributed by atoms with Crippen molar-refractivity contribution < 1.29 is 9.84 Å². The molecule has 2 rings (SSSR count). The summed E-state index contributed by atoms with van der Waals surface area (Å²) in [6.07, 6.45) is 3.33. The lowest BCUT2D eigenvalue weighted by Gasteiger charge is -2.40. The molecule has 0 saturated carbocycles. The third-order valence-electron chi connectivity index (χ3n) is 4.32. The van der Waals surface area contributed by atoms with Gasteiger partial charge in [-0.3, -0.25) is 4.90 Å². The van der Waals surface area contributed by atoms with Gasteiger partial charge in [0.2, 0.25) is 0 Å². The van der Waals surface area contributed by atoms with Crippen molar-refractivity contribution in [3.8, 4) is 5.75 Å². The third-order valence-corrected chi connectivity index (χ3v) is 4.32. The predicted molar refractivity (Wildman–Crippen MR) is 82.2 cm³/mol. The summed E-state index contributed by atoms with van der Waals surface area (Å²) in [4.78, 5) is 2.41. The van der Waals surface area contributed by atoms with Crippen LogP contribution < -0.4 is 4.74 Å². The van der Waals surface area contributed by atoms with Gasteiger partial charge in [-0.15, -0.1) is 0 Å². The molecule has 1 aliphatic rings. The first kappa shape index (κ1) is 15.3.